The number of halogens is 2. The van der Waals surface area contributed by atoms with Crippen LogP contribution in [0.25, 0.3) is 10.8 Å². The molecule has 34 heavy (non-hydrogen) atoms. The Morgan fingerprint density at radius 3 is 2.38 bits per heavy atom. The molecule has 4 rings (SSSR count). The molecular formula is C25H17I2N3O4. The van der Waals surface area contributed by atoms with Gasteiger partial charge in [-0.3, -0.25) is 14.9 Å². The average Bonchev–Trinajstić information content (AvgIpc) is 2.83. The van der Waals surface area contributed by atoms with E-state index in [-0.39, 0.29) is 11.3 Å². The number of non-ortho nitro benzene ring substituents is 1. The van der Waals surface area contributed by atoms with Crippen LogP contribution in [-0.2, 0) is 6.61 Å². The van der Waals surface area contributed by atoms with Crippen molar-refractivity contribution in [3.05, 3.63) is 113 Å². The normalized spacial score (nSPS) is 11.0. The van der Waals surface area contributed by atoms with Gasteiger partial charge in [0.05, 0.1) is 18.3 Å². The van der Waals surface area contributed by atoms with Gasteiger partial charge < -0.3 is 4.74 Å². The van der Waals surface area contributed by atoms with Crippen LogP contribution in [0.2, 0.25) is 0 Å². The summed E-state index contributed by atoms with van der Waals surface area (Å²) in [6.45, 7) is 0.450. The van der Waals surface area contributed by atoms with Gasteiger partial charge in [0.2, 0.25) is 0 Å². The van der Waals surface area contributed by atoms with Crippen molar-refractivity contribution in [2.75, 3.05) is 0 Å². The second kappa shape index (κ2) is 10.9. The highest BCUT2D eigenvalue weighted by molar-refractivity contribution is 14.1. The molecule has 0 bridgehead atoms. The van der Waals surface area contributed by atoms with E-state index in [4.69, 9.17) is 4.74 Å². The van der Waals surface area contributed by atoms with E-state index in [9.17, 15) is 14.9 Å². The van der Waals surface area contributed by atoms with E-state index in [0.29, 0.717) is 6.61 Å². The summed E-state index contributed by atoms with van der Waals surface area (Å²) >= 11 is 4.44. The number of benzene rings is 4. The van der Waals surface area contributed by atoms with Crippen LogP contribution in [-0.4, -0.2) is 17.0 Å². The molecule has 0 saturated heterocycles. The number of hydrogen-bond donors (Lipinski definition) is 1. The third-order valence-corrected chi connectivity index (χ3v) is 6.60. The first-order chi connectivity index (χ1) is 16.4. The molecule has 0 atom stereocenters. The predicted molar refractivity (Wildman–Crippen MR) is 148 cm³/mol. The van der Waals surface area contributed by atoms with Gasteiger partial charge in [0.25, 0.3) is 11.6 Å². The van der Waals surface area contributed by atoms with Crippen molar-refractivity contribution in [3.63, 3.8) is 0 Å². The fourth-order valence-electron chi connectivity index (χ4n) is 3.32. The molecule has 0 spiro atoms. The first-order valence-corrected chi connectivity index (χ1v) is 12.2. The Morgan fingerprint density at radius 2 is 1.68 bits per heavy atom. The minimum Gasteiger partial charge on any atom is -0.487 e. The standard InChI is InChI=1S/C25H17I2N3O4/c26-22-12-16(14-28-29-25(31)18-8-10-20(11-9-18)30(32)33)13-23(27)24(22)34-15-19-6-3-5-17-4-1-2-7-21(17)19/h1-14H,15H2,(H,29,31). The minimum absolute atomic E-state index is 0.0769. The lowest BCUT2D eigenvalue weighted by molar-refractivity contribution is -0.384. The van der Waals surface area contributed by atoms with Gasteiger partial charge >= 0.3 is 0 Å². The first kappa shape index (κ1) is 24.1. The molecular weight excluding hydrogens is 660 g/mol. The monoisotopic (exact) mass is 677 g/mol. The van der Waals surface area contributed by atoms with Crippen molar-refractivity contribution in [1.29, 1.82) is 0 Å². The van der Waals surface area contributed by atoms with Crippen LogP contribution in [0.3, 0.4) is 0 Å². The molecule has 0 heterocycles. The molecule has 0 fully saturated rings. The minimum atomic E-state index is -0.515. The maximum atomic E-state index is 12.2. The van der Waals surface area contributed by atoms with Crippen LogP contribution in [0.4, 0.5) is 5.69 Å². The van der Waals surface area contributed by atoms with Crippen LogP contribution in [0.1, 0.15) is 21.5 Å². The second-order valence-corrected chi connectivity index (χ2v) is 9.57. The molecule has 7 nitrogen and oxygen atoms in total. The van der Waals surface area contributed by atoms with E-state index in [1.165, 1.54) is 35.0 Å². The Hall–Kier alpha value is -3.06. The van der Waals surface area contributed by atoms with Crippen LogP contribution in [0.5, 0.6) is 5.75 Å². The number of nitrogens with one attached hydrogen (secondary N) is 1. The van der Waals surface area contributed by atoms with Crippen molar-refractivity contribution in [2.45, 2.75) is 6.61 Å². The number of nitro benzene ring substituents is 1. The third-order valence-electron chi connectivity index (χ3n) is 4.99. The summed E-state index contributed by atoms with van der Waals surface area (Å²) in [4.78, 5) is 22.4. The zero-order chi connectivity index (χ0) is 24.1. The van der Waals surface area contributed by atoms with Gasteiger partial charge in [0, 0.05) is 17.7 Å². The van der Waals surface area contributed by atoms with Crippen molar-refractivity contribution in [3.8, 4) is 5.75 Å². The fourth-order valence-corrected chi connectivity index (χ4v) is 5.45. The van der Waals surface area contributed by atoms with Gasteiger partial charge in [-0.05, 0) is 91.3 Å². The Bertz CT molecular complexity index is 1380. The van der Waals surface area contributed by atoms with E-state index in [1.54, 1.807) is 6.21 Å². The Kier molecular flexibility index (Phi) is 7.73. The number of ether oxygens (including phenoxy) is 1. The number of nitrogens with zero attached hydrogens (tertiary/aromatic N) is 2. The van der Waals surface area contributed by atoms with E-state index < -0.39 is 10.8 Å². The molecule has 0 unspecified atom stereocenters. The maximum absolute atomic E-state index is 12.2. The smallest absolute Gasteiger partial charge is 0.271 e. The maximum Gasteiger partial charge on any atom is 0.271 e. The summed E-state index contributed by atoms with van der Waals surface area (Å²) in [5.41, 5.74) is 4.56. The number of carbonyl (C=O) groups is 1. The molecule has 170 valence electrons. The average molecular weight is 677 g/mol. The van der Waals surface area contributed by atoms with Gasteiger partial charge in [-0.1, -0.05) is 42.5 Å². The van der Waals surface area contributed by atoms with E-state index in [2.05, 4.69) is 80.0 Å². The Morgan fingerprint density at radius 1 is 1.00 bits per heavy atom. The number of carbonyl (C=O) groups excluding carboxylic acids is 1. The van der Waals surface area contributed by atoms with Gasteiger partial charge in [0.1, 0.15) is 12.4 Å². The molecule has 9 heteroatoms. The number of fused-ring (bicyclic) bond motifs is 1. The quantitative estimate of drug-likeness (QED) is 0.108. The third kappa shape index (κ3) is 5.70. The summed E-state index contributed by atoms with van der Waals surface area (Å²) in [5, 5.41) is 17.1. The second-order valence-electron chi connectivity index (χ2n) is 7.24. The summed E-state index contributed by atoms with van der Waals surface area (Å²) in [6, 6.07) is 23.6. The molecule has 0 aromatic heterocycles. The van der Waals surface area contributed by atoms with Crippen molar-refractivity contribution < 1.29 is 14.5 Å². The summed E-state index contributed by atoms with van der Waals surface area (Å²) in [6.07, 6.45) is 1.54. The predicted octanol–water partition coefficient (Wildman–Crippen LogP) is 6.30. The Balaban J connectivity index is 1.42. The van der Waals surface area contributed by atoms with Crippen LogP contribution < -0.4 is 10.2 Å². The summed E-state index contributed by atoms with van der Waals surface area (Å²) in [5.74, 6) is 0.340. The van der Waals surface area contributed by atoms with Crippen molar-refractivity contribution in [1.82, 2.24) is 5.43 Å². The van der Waals surface area contributed by atoms with Crippen molar-refractivity contribution >= 4 is 73.8 Å². The van der Waals surface area contributed by atoms with Crippen LogP contribution in [0.15, 0.2) is 84.0 Å². The molecule has 0 aliphatic heterocycles. The molecule has 0 aliphatic rings. The molecule has 0 saturated carbocycles. The van der Waals surface area contributed by atoms with E-state index >= 15 is 0 Å². The molecule has 0 radical (unpaired) electrons. The SMILES string of the molecule is O=C(NN=Cc1cc(I)c(OCc2cccc3ccccc23)c(I)c1)c1ccc([N+](=O)[O-])cc1. The molecule has 4 aromatic rings. The van der Waals surface area contributed by atoms with Crippen LogP contribution >= 0.6 is 45.2 Å². The van der Waals surface area contributed by atoms with Gasteiger partial charge in [0.15, 0.2) is 0 Å². The lowest BCUT2D eigenvalue weighted by Gasteiger charge is -2.13. The molecule has 0 aliphatic carbocycles. The number of hydrazone groups is 1. The zero-order valence-corrected chi connectivity index (χ0v) is 21.9. The zero-order valence-electron chi connectivity index (χ0n) is 17.6. The van der Waals surface area contributed by atoms with Gasteiger partial charge in [-0.2, -0.15) is 5.10 Å². The largest absolute Gasteiger partial charge is 0.487 e. The molecule has 1 N–H and O–H groups in total. The summed E-state index contributed by atoms with van der Waals surface area (Å²) < 4.78 is 8.01. The number of rotatable bonds is 7. The first-order valence-electron chi connectivity index (χ1n) is 10.1. The highest BCUT2D eigenvalue weighted by atomic mass is 127. The van der Waals surface area contributed by atoms with Gasteiger partial charge in [-0.15, -0.1) is 0 Å². The highest BCUT2D eigenvalue weighted by Gasteiger charge is 2.11. The van der Waals surface area contributed by atoms with E-state index in [1.807, 2.05) is 30.3 Å². The lowest BCUT2D eigenvalue weighted by Crippen LogP contribution is -2.17. The highest BCUT2D eigenvalue weighted by Crippen LogP contribution is 2.30. The number of nitro groups is 1. The van der Waals surface area contributed by atoms with Crippen molar-refractivity contribution in [2.24, 2.45) is 5.10 Å². The number of amides is 1. The van der Waals surface area contributed by atoms with E-state index in [0.717, 1.165) is 24.0 Å². The van der Waals surface area contributed by atoms with Gasteiger partial charge in [-0.25, -0.2) is 5.43 Å². The summed E-state index contributed by atoms with van der Waals surface area (Å²) in [7, 11) is 0. The topological polar surface area (TPSA) is 93.8 Å². The lowest BCUT2D eigenvalue weighted by atomic mass is 10.1. The molecule has 4 aromatic carbocycles. The van der Waals surface area contributed by atoms with Crippen LogP contribution in [0, 0.1) is 17.3 Å². The number of hydrogen-bond acceptors (Lipinski definition) is 5. The fraction of sp³-hybridized carbons (Fsp3) is 0.0400. The Labute approximate surface area is 222 Å². The molecule has 1 amide bonds.